The Morgan fingerprint density at radius 2 is 2.09 bits per heavy atom. The summed E-state index contributed by atoms with van der Waals surface area (Å²) in [5.41, 5.74) is 0.695. The molecule has 22 heavy (non-hydrogen) atoms. The molecular formula is C16H22N2O4. The predicted molar refractivity (Wildman–Crippen MR) is 80.5 cm³/mol. The molecule has 6 heteroatoms. The quantitative estimate of drug-likeness (QED) is 0.803. The SMILES string of the molecule is CCOC(=O)c1cncc(C2CCN2C(=O)OC(C)(C)C)c1. The van der Waals surface area contributed by atoms with Crippen LogP contribution in [0.3, 0.4) is 0 Å². The molecule has 2 heterocycles. The van der Waals surface area contributed by atoms with Gasteiger partial charge in [0.15, 0.2) is 0 Å². The molecule has 1 aliphatic rings. The molecule has 0 aliphatic carbocycles. The zero-order valence-corrected chi connectivity index (χ0v) is 13.5. The van der Waals surface area contributed by atoms with Crippen LogP contribution in [0, 0.1) is 0 Å². The van der Waals surface area contributed by atoms with Crippen LogP contribution in [0.1, 0.15) is 56.1 Å². The second-order valence-corrected chi connectivity index (χ2v) is 6.21. The number of carbonyl (C=O) groups excluding carboxylic acids is 2. The first-order chi connectivity index (χ1) is 10.3. The van der Waals surface area contributed by atoms with Crippen LogP contribution in [0.2, 0.25) is 0 Å². The third-order valence-electron chi connectivity index (χ3n) is 3.30. The van der Waals surface area contributed by atoms with E-state index in [2.05, 4.69) is 4.98 Å². The van der Waals surface area contributed by atoms with Crippen LogP contribution in [-0.2, 0) is 9.47 Å². The number of aromatic nitrogens is 1. The van der Waals surface area contributed by atoms with Crippen LogP contribution in [0.25, 0.3) is 0 Å². The molecule has 2 rings (SSSR count). The van der Waals surface area contributed by atoms with Gasteiger partial charge >= 0.3 is 12.1 Å². The van der Waals surface area contributed by atoms with Gasteiger partial charge in [-0.3, -0.25) is 4.98 Å². The fraction of sp³-hybridized carbons (Fsp3) is 0.562. The van der Waals surface area contributed by atoms with Gasteiger partial charge < -0.3 is 14.4 Å². The van der Waals surface area contributed by atoms with Gasteiger partial charge in [-0.15, -0.1) is 0 Å². The van der Waals surface area contributed by atoms with E-state index in [4.69, 9.17) is 9.47 Å². The van der Waals surface area contributed by atoms with Crippen LogP contribution in [0.15, 0.2) is 18.5 Å². The van der Waals surface area contributed by atoms with Crippen molar-refractivity contribution in [2.24, 2.45) is 0 Å². The molecule has 120 valence electrons. The van der Waals surface area contributed by atoms with Crippen LogP contribution in [0.4, 0.5) is 4.79 Å². The van der Waals surface area contributed by atoms with Crippen molar-refractivity contribution in [3.8, 4) is 0 Å². The van der Waals surface area contributed by atoms with Gasteiger partial charge in [0, 0.05) is 18.9 Å². The minimum absolute atomic E-state index is 0.100. The number of likely N-dealkylation sites (tertiary alicyclic amines) is 1. The van der Waals surface area contributed by atoms with Gasteiger partial charge in [0.1, 0.15) is 5.60 Å². The van der Waals surface area contributed by atoms with Crippen molar-refractivity contribution in [2.45, 2.75) is 45.8 Å². The Balaban J connectivity index is 2.10. The lowest BCUT2D eigenvalue weighted by Crippen LogP contribution is -2.47. The largest absolute Gasteiger partial charge is 0.462 e. The number of esters is 1. The molecule has 1 aliphatic heterocycles. The molecule has 0 aromatic carbocycles. The van der Waals surface area contributed by atoms with Gasteiger partial charge in [0.2, 0.25) is 0 Å². The average molecular weight is 306 g/mol. The van der Waals surface area contributed by atoms with Gasteiger partial charge in [0.25, 0.3) is 0 Å². The summed E-state index contributed by atoms with van der Waals surface area (Å²) in [5.74, 6) is -0.403. The lowest BCUT2D eigenvalue weighted by Gasteiger charge is -2.41. The summed E-state index contributed by atoms with van der Waals surface area (Å²) < 4.78 is 10.4. The highest BCUT2D eigenvalue weighted by Crippen LogP contribution is 2.34. The Morgan fingerprint density at radius 3 is 2.64 bits per heavy atom. The molecular weight excluding hydrogens is 284 g/mol. The summed E-state index contributed by atoms with van der Waals surface area (Å²) >= 11 is 0. The molecule has 1 unspecified atom stereocenters. The van der Waals surface area contributed by atoms with Crippen molar-refractivity contribution in [1.82, 2.24) is 9.88 Å². The fourth-order valence-electron chi connectivity index (χ4n) is 2.24. The molecule has 1 fully saturated rings. The van der Waals surface area contributed by atoms with Crippen LogP contribution in [0.5, 0.6) is 0 Å². The van der Waals surface area contributed by atoms with E-state index < -0.39 is 11.6 Å². The minimum Gasteiger partial charge on any atom is -0.462 e. The number of carbonyl (C=O) groups is 2. The second kappa shape index (κ2) is 6.34. The van der Waals surface area contributed by atoms with E-state index >= 15 is 0 Å². The van der Waals surface area contributed by atoms with E-state index in [0.717, 1.165) is 12.0 Å². The standard InChI is InChI=1S/C16H22N2O4/c1-5-21-14(19)12-8-11(9-17-10-12)13-6-7-18(13)15(20)22-16(2,3)4/h8-10,13H,5-7H2,1-4H3. The van der Waals surface area contributed by atoms with E-state index in [0.29, 0.717) is 18.7 Å². The third-order valence-corrected chi connectivity index (χ3v) is 3.30. The van der Waals surface area contributed by atoms with Gasteiger partial charge in [-0.2, -0.15) is 0 Å². The van der Waals surface area contributed by atoms with Crippen molar-refractivity contribution >= 4 is 12.1 Å². The molecule has 0 spiro atoms. The Labute approximate surface area is 130 Å². The summed E-state index contributed by atoms with van der Waals surface area (Å²) in [7, 11) is 0. The maximum absolute atomic E-state index is 12.1. The Hall–Kier alpha value is -2.11. The first-order valence-corrected chi connectivity index (χ1v) is 7.43. The van der Waals surface area contributed by atoms with Gasteiger partial charge in [-0.05, 0) is 45.7 Å². The highest BCUT2D eigenvalue weighted by Gasteiger charge is 2.36. The minimum atomic E-state index is -0.526. The van der Waals surface area contributed by atoms with Crippen molar-refractivity contribution in [2.75, 3.05) is 13.2 Å². The predicted octanol–water partition coefficient (Wildman–Crippen LogP) is 2.94. The zero-order chi connectivity index (χ0) is 16.3. The molecule has 1 aromatic heterocycles. The molecule has 6 nitrogen and oxygen atoms in total. The molecule has 1 saturated heterocycles. The first kappa shape index (κ1) is 16.3. The first-order valence-electron chi connectivity index (χ1n) is 7.43. The summed E-state index contributed by atoms with van der Waals surface area (Å²) in [6.45, 7) is 8.22. The Bertz CT molecular complexity index is 566. The van der Waals surface area contributed by atoms with E-state index in [-0.39, 0.29) is 12.1 Å². The summed E-state index contributed by atoms with van der Waals surface area (Å²) in [6.07, 6.45) is 3.63. The molecule has 0 N–H and O–H groups in total. The van der Waals surface area contributed by atoms with Gasteiger partial charge in [0.05, 0.1) is 18.2 Å². The smallest absolute Gasteiger partial charge is 0.410 e. The van der Waals surface area contributed by atoms with Gasteiger partial charge in [-0.25, -0.2) is 9.59 Å². The van der Waals surface area contributed by atoms with E-state index in [1.54, 1.807) is 24.1 Å². The number of ether oxygens (including phenoxy) is 2. The molecule has 0 saturated carbocycles. The lowest BCUT2D eigenvalue weighted by atomic mass is 9.96. The molecule has 1 amide bonds. The summed E-state index contributed by atoms with van der Waals surface area (Å²) in [4.78, 5) is 29.6. The number of amides is 1. The van der Waals surface area contributed by atoms with E-state index in [1.165, 1.54) is 6.20 Å². The third kappa shape index (κ3) is 3.75. The Kier molecular flexibility index (Phi) is 4.68. The van der Waals surface area contributed by atoms with E-state index in [9.17, 15) is 9.59 Å². The average Bonchev–Trinajstić information content (AvgIpc) is 2.35. The van der Waals surface area contributed by atoms with Crippen LogP contribution < -0.4 is 0 Å². The van der Waals surface area contributed by atoms with E-state index in [1.807, 2.05) is 20.8 Å². The highest BCUT2D eigenvalue weighted by molar-refractivity contribution is 5.89. The van der Waals surface area contributed by atoms with Crippen molar-refractivity contribution in [1.29, 1.82) is 0 Å². The maximum atomic E-state index is 12.1. The topological polar surface area (TPSA) is 68.7 Å². The number of hydrogen-bond acceptors (Lipinski definition) is 5. The number of pyridine rings is 1. The highest BCUT2D eigenvalue weighted by atomic mass is 16.6. The molecule has 1 aromatic rings. The monoisotopic (exact) mass is 306 g/mol. The molecule has 1 atom stereocenters. The summed E-state index contributed by atoms with van der Waals surface area (Å²) in [5, 5.41) is 0. The normalized spacial score (nSPS) is 17.6. The lowest BCUT2D eigenvalue weighted by molar-refractivity contribution is -0.00579. The van der Waals surface area contributed by atoms with Gasteiger partial charge in [-0.1, -0.05) is 0 Å². The molecule has 0 radical (unpaired) electrons. The van der Waals surface area contributed by atoms with Crippen molar-refractivity contribution in [3.05, 3.63) is 29.6 Å². The Morgan fingerprint density at radius 1 is 1.36 bits per heavy atom. The maximum Gasteiger partial charge on any atom is 0.410 e. The van der Waals surface area contributed by atoms with Crippen molar-refractivity contribution in [3.63, 3.8) is 0 Å². The zero-order valence-electron chi connectivity index (χ0n) is 13.5. The van der Waals surface area contributed by atoms with Crippen LogP contribution in [-0.4, -0.2) is 40.7 Å². The van der Waals surface area contributed by atoms with Crippen molar-refractivity contribution < 1.29 is 19.1 Å². The number of rotatable bonds is 3. The second-order valence-electron chi connectivity index (χ2n) is 6.21. The fourth-order valence-corrected chi connectivity index (χ4v) is 2.24. The molecule has 0 bridgehead atoms. The number of hydrogen-bond donors (Lipinski definition) is 0. The van der Waals surface area contributed by atoms with Crippen LogP contribution >= 0.6 is 0 Å². The number of nitrogens with zero attached hydrogens (tertiary/aromatic N) is 2. The summed E-state index contributed by atoms with van der Waals surface area (Å²) in [6, 6.07) is 1.63.